The van der Waals surface area contributed by atoms with Crippen molar-refractivity contribution >= 4 is 23.4 Å². The van der Waals surface area contributed by atoms with Crippen molar-refractivity contribution in [3.63, 3.8) is 0 Å². The zero-order chi connectivity index (χ0) is 18.4. The van der Waals surface area contributed by atoms with Crippen LogP contribution in [-0.4, -0.2) is 21.1 Å². The molecule has 2 N–H and O–H groups in total. The molecule has 0 fully saturated rings. The van der Waals surface area contributed by atoms with Crippen LogP contribution in [-0.2, 0) is 6.42 Å². The number of H-pyrrole nitrogens is 1. The number of hydrogen-bond acceptors (Lipinski definition) is 4. The topological polar surface area (TPSA) is 70.7 Å². The molecule has 2 aromatic carbocycles. The van der Waals surface area contributed by atoms with Crippen molar-refractivity contribution in [2.24, 2.45) is 0 Å². The monoisotopic (exact) mass is 366 g/mol. The molecule has 3 rings (SSSR count). The van der Waals surface area contributed by atoms with Gasteiger partial charge in [0.2, 0.25) is 5.16 Å². The minimum Gasteiger partial charge on any atom is -0.322 e. The number of aromatic amines is 1. The second kappa shape index (κ2) is 8.67. The fourth-order valence-corrected chi connectivity index (χ4v) is 3.43. The zero-order valence-corrected chi connectivity index (χ0v) is 15.7. The Labute approximate surface area is 157 Å². The van der Waals surface area contributed by atoms with Crippen LogP contribution >= 0.6 is 11.8 Å². The summed E-state index contributed by atoms with van der Waals surface area (Å²) < 4.78 is 0. The number of aryl methyl sites for hydroxylation is 1. The van der Waals surface area contributed by atoms with E-state index in [9.17, 15) is 4.79 Å². The van der Waals surface area contributed by atoms with Crippen LogP contribution < -0.4 is 5.32 Å². The molecule has 1 atom stereocenters. The molecule has 1 amide bonds. The lowest BCUT2D eigenvalue weighted by Crippen LogP contribution is -2.11. The van der Waals surface area contributed by atoms with Gasteiger partial charge >= 0.3 is 0 Å². The Hall–Kier alpha value is -2.60. The van der Waals surface area contributed by atoms with Crippen LogP contribution in [0.4, 0.5) is 5.69 Å². The Morgan fingerprint density at radius 2 is 2.00 bits per heavy atom. The third-order valence-electron chi connectivity index (χ3n) is 3.93. The Balaban J connectivity index is 1.66. The van der Waals surface area contributed by atoms with Crippen LogP contribution in [0.15, 0.2) is 59.8 Å². The highest BCUT2D eigenvalue weighted by Gasteiger charge is 2.13. The fraction of sp³-hybridized carbons (Fsp3) is 0.250. The fourth-order valence-electron chi connectivity index (χ4n) is 2.57. The van der Waals surface area contributed by atoms with Crippen LogP contribution in [0.3, 0.4) is 0 Å². The molecule has 0 aliphatic rings. The Morgan fingerprint density at radius 1 is 1.19 bits per heavy atom. The lowest BCUT2D eigenvalue weighted by Gasteiger charge is -2.12. The lowest BCUT2D eigenvalue weighted by atomic mass is 10.1. The molecule has 3 aromatic rings. The van der Waals surface area contributed by atoms with Gasteiger partial charge in [-0.25, -0.2) is 4.98 Å². The van der Waals surface area contributed by atoms with Gasteiger partial charge in [-0.1, -0.05) is 49.0 Å². The summed E-state index contributed by atoms with van der Waals surface area (Å²) in [7, 11) is 0. The number of carbonyl (C=O) groups excluding carboxylic acids is 1. The van der Waals surface area contributed by atoms with Gasteiger partial charge in [0.1, 0.15) is 5.82 Å². The number of carbonyl (C=O) groups is 1. The molecule has 0 saturated heterocycles. The number of nitrogens with zero attached hydrogens (tertiary/aromatic N) is 2. The molecule has 0 aliphatic heterocycles. The second-order valence-corrected chi connectivity index (χ2v) is 7.33. The average molecular weight is 366 g/mol. The van der Waals surface area contributed by atoms with E-state index in [-0.39, 0.29) is 11.2 Å². The minimum atomic E-state index is -0.110. The first kappa shape index (κ1) is 18.2. The van der Waals surface area contributed by atoms with Crippen LogP contribution in [0, 0.1) is 0 Å². The number of hydrogen-bond donors (Lipinski definition) is 2. The van der Waals surface area contributed by atoms with E-state index in [1.807, 2.05) is 36.4 Å². The van der Waals surface area contributed by atoms with E-state index in [1.165, 1.54) is 0 Å². The van der Waals surface area contributed by atoms with Crippen LogP contribution in [0.1, 0.15) is 47.3 Å². The minimum absolute atomic E-state index is 0.110. The first-order chi connectivity index (χ1) is 12.7. The molecular weight excluding hydrogens is 344 g/mol. The van der Waals surface area contributed by atoms with E-state index < -0.39 is 0 Å². The summed E-state index contributed by atoms with van der Waals surface area (Å²) >= 11 is 1.60. The maximum absolute atomic E-state index is 12.3. The number of aromatic nitrogens is 3. The molecule has 26 heavy (non-hydrogen) atoms. The molecule has 1 aromatic heterocycles. The summed E-state index contributed by atoms with van der Waals surface area (Å²) in [6.45, 7) is 4.23. The van der Waals surface area contributed by atoms with Gasteiger partial charge in [0.05, 0.1) is 0 Å². The predicted molar refractivity (Wildman–Crippen MR) is 105 cm³/mol. The van der Waals surface area contributed by atoms with Gasteiger partial charge in [-0.15, -0.1) is 5.10 Å². The second-order valence-electron chi connectivity index (χ2n) is 6.02. The number of anilines is 1. The van der Waals surface area contributed by atoms with Gasteiger partial charge in [0, 0.05) is 22.9 Å². The molecule has 0 unspecified atom stereocenters. The normalized spacial score (nSPS) is 11.9. The maximum atomic E-state index is 12.3. The van der Waals surface area contributed by atoms with Crippen molar-refractivity contribution in [1.29, 1.82) is 0 Å². The van der Waals surface area contributed by atoms with Crippen molar-refractivity contribution in [3.05, 3.63) is 71.5 Å². The van der Waals surface area contributed by atoms with E-state index >= 15 is 0 Å². The zero-order valence-electron chi connectivity index (χ0n) is 14.9. The van der Waals surface area contributed by atoms with Gasteiger partial charge < -0.3 is 5.32 Å². The van der Waals surface area contributed by atoms with Crippen LogP contribution in [0.25, 0.3) is 0 Å². The Bertz CT molecular complexity index is 863. The summed E-state index contributed by atoms with van der Waals surface area (Å²) in [4.78, 5) is 16.8. The number of rotatable bonds is 7. The highest BCUT2D eigenvalue weighted by Crippen LogP contribution is 2.33. The van der Waals surface area contributed by atoms with E-state index in [0.717, 1.165) is 35.1 Å². The van der Waals surface area contributed by atoms with E-state index in [2.05, 4.69) is 40.4 Å². The summed E-state index contributed by atoms with van der Waals surface area (Å²) in [6, 6.07) is 17.1. The quantitative estimate of drug-likeness (QED) is 0.586. The van der Waals surface area contributed by atoms with Crippen molar-refractivity contribution < 1.29 is 4.79 Å². The SMILES string of the molecule is CCCc1nc(S[C@H](C)c2cccc(NC(=O)c3ccccc3)c2)n[nH]1. The van der Waals surface area contributed by atoms with Crippen LogP contribution in [0.2, 0.25) is 0 Å². The molecule has 1 heterocycles. The van der Waals surface area contributed by atoms with Gasteiger partial charge in [0.25, 0.3) is 5.91 Å². The average Bonchev–Trinajstić information content (AvgIpc) is 3.10. The summed E-state index contributed by atoms with van der Waals surface area (Å²) in [5.41, 5.74) is 2.54. The van der Waals surface area contributed by atoms with Gasteiger partial charge in [-0.05, 0) is 43.2 Å². The highest BCUT2D eigenvalue weighted by atomic mass is 32.2. The number of thioether (sulfide) groups is 1. The lowest BCUT2D eigenvalue weighted by molar-refractivity contribution is 0.102. The summed E-state index contributed by atoms with van der Waals surface area (Å²) in [6.07, 6.45) is 1.95. The molecule has 5 nitrogen and oxygen atoms in total. The van der Waals surface area contributed by atoms with E-state index in [1.54, 1.807) is 23.9 Å². The first-order valence-electron chi connectivity index (χ1n) is 8.70. The first-order valence-corrected chi connectivity index (χ1v) is 9.58. The molecule has 0 spiro atoms. The van der Waals surface area contributed by atoms with Crippen LogP contribution in [0.5, 0.6) is 0 Å². The molecule has 0 saturated carbocycles. The van der Waals surface area contributed by atoms with Gasteiger partial charge in [-0.3, -0.25) is 9.89 Å². The van der Waals surface area contributed by atoms with Gasteiger partial charge in [0.15, 0.2) is 0 Å². The molecule has 6 heteroatoms. The maximum Gasteiger partial charge on any atom is 0.255 e. The standard InChI is InChI=1S/C20H22N4OS/c1-3-8-18-22-20(24-23-18)26-14(2)16-11-7-12-17(13-16)21-19(25)15-9-5-4-6-10-15/h4-7,9-14H,3,8H2,1-2H3,(H,21,25)(H,22,23,24)/t14-/m1/s1. The molecule has 0 aliphatic carbocycles. The smallest absolute Gasteiger partial charge is 0.255 e. The van der Waals surface area contributed by atoms with E-state index in [4.69, 9.17) is 0 Å². The van der Waals surface area contributed by atoms with Crippen molar-refractivity contribution in [3.8, 4) is 0 Å². The third kappa shape index (κ3) is 4.73. The highest BCUT2D eigenvalue weighted by molar-refractivity contribution is 7.99. The largest absolute Gasteiger partial charge is 0.322 e. The Kier molecular flexibility index (Phi) is 6.07. The van der Waals surface area contributed by atoms with Crippen molar-refractivity contribution in [2.75, 3.05) is 5.32 Å². The van der Waals surface area contributed by atoms with E-state index in [0.29, 0.717) is 5.56 Å². The predicted octanol–water partition coefficient (Wildman–Crippen LogP) is 4.86. The summed E-state index contributed by atoms with van der Waals surface area (Å²) in [5.74, 6) is 0.812. The molecule has 134 valence electrons. The number of amides is 1. The molecular formula is C20H22N4OS. The van der Waals surface area contributed by atoms with Crippen molar-refractivity contribution in [2.45, 2.75) is 37.1 Å². The molecule has 0 bridgehead atoms. The number of nitrogens with one attached hydrogen (secondary N) is 2. The number of benzene rings is 2. The van der Waals surface area contributed by atoms with Gasteiger partial charge in [-0.2, -0.15) is 0 Å². The third-order valence-corrected chi connectivity index (χ3v) is 4.95. The molecule has 0 radical (unpaired) electrons. The van der Waals surface area contributed by atoms with Crippen molar-refractivity contribution in [1.82, 2.24) is 15.2 Å². The Morgan fingerprint density at radius 3 is 2.77 bits per heavy atom. The summed E-state index contributed by atoms with van der Waals surface area (Å²) in [5, 5.41) is 11.1.